The average Bonchev–Trinajstić information content (AvgIpc) is 2.62. The van der Waals surface area contributed by atoms with Crippen molar-refractivity contribution in [1.82, 2.24) is 10.6 Å². The van der Waals surface area contributed by atoms with E-state index in [0.29, 0.717) is 0 Å². The van der Waals surface area contributed by atoms with Gasteiger partial charge < -0.3 is 10.4 Å². The largest absolute Gasteiger partial charge is 0.379 e. The Balaban J connectivity index is 1.76. The third-order valence-corrected chi connectivity index (χ3v) is 1.66. The summed E-state index contributed by atoms with van der Waals surface area (Å²) in [6.45, 7) is 3.86. The number of rotatable bonds is 5. The van der Waals surface area contributed by atoms with Crippen molar-refractivity contribution in [2.75, 3.05) is 13.1 Å². The fourth-order valence-electron chi connectivity index (χ4n) is 0.947. The second kappa shape index (κ2) is 3.91. The van der Waals surface area contributed by atoms with Crippen molar-refractivity contribution in [2.24, 2.45) is 0 Å². The number of aliphatic hydroxyl groups is 1. The Morgan fingerprint density at radius 1 is 1.80 bits per heavy atom. The number of nitrogens with one attached hydrogen (secondary N) is 2. The van der Waals surface area contributed by atoms with Crippen LogP contribution in [0.3, 0.4) is 0 Å². The third-order valence-electron chi connectivity index (χ3n) is 1.66. The van der Waals surface area contributed by atoms with E-state index in [-0.39, 0.29) is 6.23 Å². The number of hydrogen-bond acceptors (Lipinski definition) is 3. The maximum Gasteiger partial charge on any atom is 0.102 e. The molecule has 3 nitrogen and oxygen atoms in total. The summed E-state index contributed by atoms with van der Waals surface area (Å²) in [4.78, 5) is 0. The fraction of sp³-hybridized carbons (Fsp3) is 1.00. The first kappa shape index (κ1) is 7.98. The van der Waals surface area contributed by atoms with Gasteiger partial charge in [0.05, 0.1) is 0 Å². The fourth-order valence-corrected chi connectivity index (χ4v) is 0.947. The maximum atomic E-state index is 8.81. The molecule has 2 atom stereocenters. The van der Waals surface area contributed by atoms with Gasteiger partial charge in [-0.15, -0.1) is 0 Å². The molecule has 3 N–H and O–H groups in total. The average molecular weight is 144 g/mol. The highest BCUT2D eigenvalue weighted by molar-refractivity contribution is 4.82. The Kier molecular flexibility index (Phi) is 3.12. The Morgan fingerprint density at radius 2 is 2.50 bits per heavy atom. The number of aliphatic hydroxyl groups excluding tert-OH is 1. The molecule has 1 aliphatic heterocycles. The zero-order chi connectivity index (χ0) is 7.40. The van der Waals surface area contributed by atoms with Crippen LogP contribution in [0.25, 0.3) is 0 Å². The lowest BCUT2D eigenvalue weighted by atomic mass is 10.2. The van der Waals surface area contributed by atoms with Crippen LogP contribution in [0.4, 0.5) is 0 Å². The van der Waals surface area contributed by atoms with Crippen molar-refractivity contribution in [1.29, 1.82) is 0 Å². The molecule has 0 aromatic carbocycles. The zero-order valence-corrected chi connectivity index (χ0v) is 6.43. The SMILES string of the molecule is CC(O)NCCCC1CN1. The molecule has 1 saturated heterocycles. The predicted octanol–water partition coefficient (Wildman–Crippen LogP) is -0.334. The van der Waals surface area contributed by atoms with Gasteiger partial charge in [-0.3, -0.25) is 5.32 Å². The van der Waals surface area contributed by atoms with E-state index in [1.54, 1.807) is 6.92 Å². The summed E-state index contributed by atoms with van der Waals surface area (Å²) >= 11 is 0. The second-order valence-corrected chi connectivity index (χ2v) is 2.88. The first-order chi connectivity index (χ1) is 4.79. The van der Waals surface area contributed by atoms with Crippen LogP contribution in [-0.4, -0.2) is 30.5 Å². The summed E-state index contributed by atoms with van der Waals surface area (Å²) in [7, 11) is 0. The molecule has 0 amide bonds. The lowest BCUT2D eigenvalue weighted by molar-refractivity contribution is 0.156. The Morgan fingerprint density at radius 3 is 3.00 bits per heavy atom. The summed E-state index contributed by atoms with van der Waals surface area (Å²) in [5, 5.41) is 15.0. The van der Waals surface area contributed by atoms with Gasteiger partial charge in [-0.25, -0.2) is 0 Å². The molecule has 0 saturated carbocycles. The van der Waals surface area contributed by atoms with Gasteiger partial charge in [0.1, 0.15) is 6.23 Å². The maximum absolute atomic E-state index is 8.81. The molecule has 3 heteroatoms. The molecule has 0 bridgehead atoms. The highest BCUT2D eigenvalue weighted by Crippen LogP contribution is 2.04. The molecule has 60 valence electrons. The van der Waals surface area contributed by atoms with Crippen LogP contribution >= 0.6 is 0 Å². The van der Waals surface area contributed by atoms with Crippen LogP contribution in [-0.2, 0) is 0 Å². The minimum atomic E-state index is -0.354. The first-order valence-corrected chi connectivity index (χ1v) is 3.94. The molecule has 2 unspecified atom stereocenters. The summed E-state index contributed by atoms with van der Waals surface area (Å²) in [6, 6.07) is 0.774. The Bertz CT molecular complexity index is 87.6. The predicted molar refractivity (Wildman–Crippen MR) is 40.7 cm³/mol. The van der Waals surface area contributed by atoms with Crippen molar-refractivity contribution in [3.8, 4) is 0 Å². The zero-order valence-electron chi connectivity index (χ0n) is 6.43. The van der Waals surface area contributed by atoms with E-state index in [0.717, 1.165) is 19.0 Å². The normalized spacial score (nSPS) is 26.4. The van der Waals surface area contributed by atoms with Gasteiger partial charge in [0.2, 0.25) is 0 Å². The molecule has 0 radical (unpaired) electrons. The van der Waals surface area contributed by atoms with Crippen molar-refractivity contribution >= 4 is 0 Å². The van der Waals surface area contributed by atoms with Crippen LogP contribution < -0.4 is 10.6 Å². The van der Waals surface area contributed by atoms with Gasteiger partial charge in [-0.1, -0.05) is 0 Å². The topological polar surface area (TPSA) is 54.2 Å². The van der Waals surface area contributed by atoms with Crippen molar-refractivity contribution in [2.45, 2.75) is 32.0 Å². The van der Waals surface area contributed by atoms with Crippen LogP contribution in [0.2, 0.25) is 0 Å². The Labute approximate surface area is 61.8 Å². The lowest BCUT2D eigenvalue weighted by Gasteiger charge is -2.05. The van der Waals surface area contributed by atoms with E-state index in [1.807, 2.05) is 0 Å². The van der Waals surface area contributed by atoms with Crippen molar-refractivity contribution in [3.63, 3.8) is 0 Å². The number of hydrogen-bond donors (Lipinski definition) is 3. The molecule has 0 aromatic rings. The van der Waals surface area contributed by atoms with E-state index in [1.165, 1.54) is 13.0 Å². The van der Waals surface area contributed by atoms with E-state index in [2.05, 4.69) is 10.6 Å². The smallest absolute Gasteiger partial charge is 0.102 e. The quantitative estimate of drug-likeness (QED) is 0.281. The van der Waals surface area contributed by atoms with E-state index in [4.69, 9.17) is 5.11 Å². The van der Waals surface area contributed by atoms with E-state index in [9.17, 15) is 0 Å². The third kappa shape index (κ3) is 3.82. The van der Waals surface area contributed by atoms with E-state index < -0.39 is 0 Å². The molecule has 0 aliphatic carbocycles. The molecule has 1 aliphatic rings. The highest BCUT2D eigenvalue weighted by Gasteiger charge is 2.18. The van der Waals surface area contributed by atoms with Gasteiger partial charge >= 0.3 is 0 Å². The minimum Gasteiger partial charge on any atom is -0.379 e. The van der Waals surface area contributed by atoms with Gasteiger partial charge in [-0.2, -0.15) is 0 Å². The molecule has 1 rings (SSSR count). The minimum absolute atomic E-state index is 0.354. The van der Waals surface area contributed by atoms with E-state index >= 15 is 0 Å². The second-order valence-electron chi connectivity index (χ2n) is 2.88. The molecular formula is C7H16N2O. The van der Waals surface area contributed by atoms with Gasteiger partial charge in [-0.05, 0) is 26.3 Å². The van der Waals surface area contributed by atoms with Crippen LogP contribution in [0.5, 0.6) is 0 Å². The van der Waals surface area contributed by atoms with Gasteiger partial charge in [0, 0.05) is 12.6 Å². The monoisotopic (exact) mass is 144 g/mol. The summed E-state index contributed by atoms with van der Waals surface area (Å²) < 4.78 is 0. The van der Waals surface area contributed by atoms with Crippen LogP contribution in [0.1, 0.15) is 19.8 Å². The standard InChI is InChI=1S/C7H16N2O/c1-6(10)8-4-2-3-7-5-9-7/h6-10H,2-5H2,1H3. The van der Waals surface area contributed by atoms with Crippen molar-refractivity contribution < 1.29 is 5.11 Å². The van der Waals surface area contributed by atoms with Crippen LogP contribution in [0.15, 0.2) is 0 Å². The summed E-state index contributed by atoms with van der Waals surface area (Å²) in [5.74, 6) is 0. The van der Waals surface area contributed by atoms with Crippen molar-refractivity contribution in [3.05, 3.63) is 0 Å². The molecular weight excluding hydrogens is 128 g/mol. The first-order valence-electron chi connectivity index (χ1n) is 3.94. The van der Waals surface area contributed by atoms with Gasteiger partial charge in [0.25, 0.3) is 0 Å². The Hall–Kier alpha value is -0.120. The molecule has 1 heterocycles. The van der Waals surface area contributed by atoms with Gasteiger partial charge in [0.15, 0.2) is 0 Å². The molecule has 1 fully saturated rings. The molecule has 0 spiro atoms. The summed E-state index contributed by atoms with van der Waals surface area (Å²) in [5.41, 5.74) is 0. The lowest BCUT2D eigenvalue weighted by Crippen LogP contribution is -2.26. The molecule has 0 aromatic heterocycles. The summed E-state index contributed by atoms with van der Waals surface area (Å²) in [6.07, 6.45) is 2.04. The molecule has 10 heavy (non-hydrogen) atoms. The van der Waals surface area contributed by atoms with Crippen LogP contribution in [0, 0.1) is 0 Å². The highest BCUT2D eigenvalue weighted by atomic mass is 16.3.